The standard InChI is InChI=1S/C9H16N2O3S2/c1-4-6(5-7(10)15)11-8(12)9(2,3)16(11,13)14/h6H,4-5H2,1-3H3,(H2,10,15). The number of rotatable bonds is 4. The average molecular weight is 264 g/mol. The number of nitrogens with two attached hydrogens (primary N) is 1. The van der Waals surface area contributed by atoms with Gasteiger partial charge in [-0.25, -0.2) is 12.7 Å². The summed E-state index contributed by atoms with van der Waals surface area (Å²) in [6.45, 7) is 4.63. The Morgan fingerprint density at radius 3 is 2.38 bits per heavy atom. The first-order valence-electron chi connectivity index (χ1n) is 5.03. The molecule has 1 aliphatic rings. The van der Waals surface area contributed by atoms with Crippen molar-refractivity contribution in [3.63, 3.8) is 0 Å². The normalized spacial score (nSPS) is 23.7. The molecule has 0 radical (unpaired) electrons. The van der Waals surface area contributed by atoms with Crippen LogP contribution in [0.4, 0.5) is 0 Å². The number of hydrogen-bond donors (Lipinski definition) is 1. The van der Waals surface area contributed by atoms with Crippen LogP contribution in [-0.2, 0) is 14.8 Å². The van der Waals surface area contributed by atoms with E-state index in [0.717, 1.165) is 4.31 Å². The lowest BCUT2D eigenvalue weighted by Crippen LogP contribution is -2.70. The van der Waals surface area contributed by atoms with Gasteiger partial charge in [0.1, 0.15) is 0 Å². The largest absolute Gasteiger partial charge is 0.393 e. The Balaban J connectivity index is 2.99. The van der Waals surface area contributed by atoms with E-state index in [1.54, 1.807) is 6.92 Å². The van der Waals surface area contributed by atoms with E-state index >= 15 is 0 Å². The zero-order valence-electron chi connectivity index (χ0n) is 9.56. The smallest absolute Gasteiger partial charge is 0.259 e. The van der Waals surface area contributed by atoms with Gasteiger partial charge in [0.25, 0.3) is 15.9 Å². The molecule has 0 aromatic heterocycles. The second kappa shape index (κ2) is 3.96. The minimum atomic E-state index is -3.54. The van der Waals surface area contributed by atoms with Gasteiger partial charge in [0.05, 0.1) is 11.0 Å². The molecule has 2 N–H and O–H groups in total. The summed E-state index contributed by atoms with van der Waals surface area (Å²) in [6.07, 6.45) is 0.755. The number of thiocarbonyl (C=S) groups is 1. The number of carbonyl (C=O) groups excluding carboxylic acids is 1. The van der Waals surface area contributed by atoms with Gasteiger partial charge >= 0.3 is 0 Å². The lowest BCUT2D eigenvalue weighted by atomic mass is 10.1. The van der Waals surface area contributed by atoms with Crippen molar-refractivity contribution >= 4 is 33.1 Å². The number of sulfonamides is 1. The van der Waals surface area contributed by atoms with Crippen molar-refractivity contribution in [2.45, 2.75) is 44.4 Å². The minimum Gasteiger partial charge on any atom is -0.393 e. The molecule has 92 valence electrons. The van der Waals surface area contributed by atoms with Crippen molar-refractivity contribution in [3.05, 3.63) is 0 Å². The Morgan fingerprint density at radius 1 is 1.56 bits per heavy atom. The van der Waals surface area contributed by atoms with Crippen molar-refractivity contribution in [3.8, 4) is 0 Å². The maximum atomic E-state index is 11.9. The van der Waals surface area contributed by atoms with Crippen molar-refractivity contribution in [2.75, 3.05) is 0 Å². The van der Waals surface area contributed by atoms with Crippen molar-refractivity contribution in [1.29, 1.82) is 0 Å². The van der Waals surface area contributed by atoms with Gasteiger partial charge in [-0.05, 0) is 20.3 Å². The summed E-state index contributed by atoms with van der Waals surface area (Å²) in [5.74, 6) is -0.379. The molecule has 5 nitrogen and oxygen atoms in total. The van der Waals surface area contributed by atoms with Gasteiger partial charge < -0.3 is 5.73 Å². The molecule has 1 atom stereocenters. The van der Waals surface area contributed by atoms with Crippen LogP contribution in [0.15, 0.2) is 0 Å². The second-order valence-electron chi connectivity index (χ2n) is 4.35. The first-order valence-corrected chi connectivity index (χ1v) is 6.87. The fourth-order valence-electron chi connectivity index (χ4n) is 1.68. The van der Waals surface area contributed by atoms with Crippen LogP contribution >= 0.6 is 12.2 Å². The molecule has 1 saturated heterocycles. The monoisotopic (exact) mass is 264 g/mol. The predicted octanol–water partition coefficient (Wildman–Crippen LogP) is 0.392. The molecule has 1 amide bonds. The number of hydrogen-bond acceptors (Lipinski definition) is 4. The lowest BCUT2D eigenvalue weighted by Gasteiger charge is -2.46. The van der Waals surface area contributed by atoms with Gasteiger partial charge in [0, 0.05) is 6.42 Å². The highest BCUT2D eigenvalue weighted by molar-refractivity contribution is 7.94. The quantitative estimate of drug-likeness (QED) is 0.743. The molecule has 16 heavy (non-hydrogen) atoms. The summed E-state index contributed by atoms with van der Waals surface area (Å²) in [6, 6.07) is -0.442. The Hall–Kier alpha value is -0.690. The highest BCUT2D eigenvalue weighted by Crippen LogP contribution is 2.37. The second-order valence-corrected chi connectivity index (χ2v) is 7.24. The number of nitrogens with zero attached hydrogens (tertiary/aromatic N) is 1. The van der Waals surface area contributed by atoms with E-state index in [9.17, 15) is 13.2 Å². The first-order chi connectivity index (χ1) is 7.16. The Bertz CT molecular complexity index is 428. The summed E-state index contributed by atoms with van der Waals surface area (Å²) in [7, 11) is -3.54. The molecule has 1 unspecified atom stereocenters. The van der Waals surface area contributed by atoms with E-state index in [4.69, 9.17) is 18.0 Å². The van der Waals surface area contributed by atoms with Crippen molar-refractivity contribution in [1.82, 2.24) is 4.31 Å². The zero-order chi connectivity index (χ0) is 12.7. The molecule has 0 aliphatic carbocycles. The molecule has 0 aromatic rings. The fourth-order valence-corrected chi connectivity index (χ4v) is 3.61. The molecular formula is C9H16N2O3S2. The summed E-state index contributed by atoms with van der Waals surface area (Å²) in [4.78, 5) is 12.0. The lowest BCUT2D eigenvalue weighted by molar-refractivity contribution is -0.133. The van der Waals surface area contributed by atoms with Crippen LogP contribution in [0, 0.1) is 0 Å². The molecule has 1 fully saturated rings. The summed E-state index contributed by atoms with van der Waals surface area (Å²) in [5, 5.41) is 0. The van der Waals surface area contributed by atoms with E-state index in [2.05, 4.69) is 0 Å². The molecular weight excluding hydrogens is 248 g/mol. The molecule has 0 aromatic carbocycles. The van der Waals surface area contributed by atoms with Gasteiger partial charge in [0.15, 0.2) is 4.75 Å². The van der Waals surface area contributed by atoms with Gasteiger partial charge in [-0.15, -0.1) is 0 Å². The van der Waals surface area contributed by atoms with Crippen LogP contribution < -0.4 is 5.73 Å². The van der Waals surface area contributed by atoms with Crippen LogP contribution in [0.5, 0.6) is 0 Å². The van der Waals surface area contributed by atoms with Crippen molar-refractivity contribution in [2.24, 2.45) is 5.73 Å². The molecule has 7 heteroatoms. The van der Waals surface area contributed by atoms with E-state index < -0.39 is 20.8 Å². The highest BCUT2D eigenvalue weighted by Gasteiger charge is 2.61. The maximum Gasteiger partial charge on any atom is 0.259 e. The van der Waals surface area contributed by atoms with Crippen LogP contribution in [0.3, 0.4) is 0 Å². The third kappa shape index (κ3) is 1.71. The third-order valence-corrected chi connectivity index (χ3v) is 5.47. The van der Waals surface area contributed by atoms with Crippen molar-refractivity contribution < 1.29 is 13.2 Å². The van der Waals surface area contributed by atoms with E-state index in [0.29, 0.717) is 6.42 Å². The van der Waals surface area contributed by atoms with Gasteiger partial charge in [-0.2, -0.15) is 0 Å². The fraction of sp³-hybridized carbons (Fsp3) is 0.778. The number of amides is 1. The molecule has 0 saturated carbocycles. The Labute approximate surface area is 101 Å². The summed E-state index contributed by atoms with van der Waals surface area (Å²) < 4.78 is 23.4. The Kier molecular flexibility index (Phi) is 3.31. The molecule has 0 spiro atoms. The van der Waals surface area contributed by atoms with E-state index in [1.807, 2.05) is 0 Å². The summed E-state index contributed by atoms with van der Waals surface area (Å²) in [5.41, 5.74) is 5.39. The summed E-state index contributed by atoms with van der Waals surface area (Å²) >= 11 is 4.75. The molecule has 0 bridgehead atoms. The zero-order valence-corrected chi connectivity index (χ0v) is 11.2. The maximum absolute atomic E-state index is 11.9. The van der Waals surface area contributed by atoms with Crippen LogP contribution in [0.2, 0.25) is 0 Å². The molecule has 1 heterocycles. The molecule has 1 rings (SSSR count). The van der Waals surface area contributed by atoms with Gasteiger partial charge in [-0.1, -0.05) is 19.1 Å². The van der Waals surface area contributed by atoms with Gasteiger partial charge in [-0.3, -0.25) is 4.79 Å². The first kappa shape index (κ1) is 13.4. The Morgan fingerprint density at radius 2 is 2.06 bits per heavy atom. The van der Waals surface area contributed by atoms with E-state index in [-0.39, 0.29) is 17.3 Å². The SMILES string of the molecule is CCC(CC(N)=S)N1C(=O)C(C)(C)S1(=O)=O. The van der Waals surface area contributed by atoms with Crippen LogP contribution in [0.25, 0.3) is 0 Å². The highest BCUT2D eigenvalue weighted by atomic mass is 32.2. The van der Waals surface area contributed by atoms with E-state index in [1.165, 1.54) is 13.8 Å². The third-order valence-electron chi connectivity index (χ3n) is 2.86. The predicted molar refractivity (Wildman–Crippen MR) is 65.3 cm³/mol. The van der Waals surface area contributed by atoms with Crippen LogP contribution in [0.1, 0.15) is 33.6 Å². The minimum absolute atomic E-state index is 0.222. The number of carbonyl (C=O) groups is 1. The topological polar surface area (TPSA) is 80.5 Å². The van der Waals surface area contributed by atoms with Crippen LogP contribution in [-0.4, -0.2) is 34.4 Å². The molecule has 1 aliphatic heterocycles. The van der Waals surface area contributed by atoms with Gasteiger partial charge in [0.2, 0.25) is 0 Å². The average Bonchev–Trinajstić information content (AvgIpc) is 2.15.